The van der Waals surface area contributed by atoms with E-state index in [-0.39, 0.29) is 5.91 Å². The van der Waals surface area contributed by atoms with E-state index in [1.54, 1.807) is 12.1 Å². The number of benzene rings is 1. The molecule has 3 heterocycles. The number of carbonyl (C=O) groups excluding carboxylic acids is 1. The Bertz CT molecular complexity index is 937. The van der Waals surface area contributed by atoms with Crippen LogP contribution in [0, 0.1) is 0 Å². The van der Waals surface area contributed by atoms with Crippen molar-refractivity contribution in [3.8, 4) is 0 Å². The second-order valence-corrected chi connectivity index (χ2v) is 7.86. The molecule has 0 aliphatic carbocycles. The number of fused-ring (bicyclic) bond motifs is 1. The fraction of sp³-hybridized carbons (Fsp3) is 0.478. The third-order valence-corrected chi connectivity index (χ3v) is 5.63. The van der Waals surface area contributed by atoms with Gasteiger partial charge < -0.3 is 14.3 Å². The molecule has 1 N–H and O–H groups in total. The Balaban J connectivity index is 1.59. The van der Waals surface area contributed by atoms with Gasteiger partial charge in [-0.1, -0.05) is 26.2 Å². The highest BCUT2D eigenvalue weighted by atomic mass is 16.3. The lowest BCUT2D eigenvalue weighted by Gasteiger charge is -2.20. The van der Waals surface area contributed by atoms with Crippen LogP contribution in [-0.2, 0) is 13.1 Å². The lowest BCUT2D eigenvalue weighted by atomic mass is 10.2. The van der Waals surface area contributed by atoms with E-state index in [1.165, 1.54) is 31.9 Å². The first-order chi connectivity index (χ1) is 14.2. The lowest BCUT2D eigenvalue weighted by Crippen LogP contribution is -2.26. The monoisotopic (exact) mass is 394 g/mol. The predicted octanol–water partition coefficient (Wildman–Crippen LogP) is 5.06. The smallest absolute Gasteiger partial charge is 0.291 e. The Kier molecular flexibility index (Phi) is 6.30. The average Bonchev–Trinajstić information content (AvgIpc) is 3.29. The van der Waals surface area contributed by atoms with E-state index in [2.05, 4.69) is 27.8 Å². The first kappa shape index (κ1) is 19.7. The van der Waals surface area contributed by atoms with Crippen molar-refractivity contribution in [3.63, 3.8) is 0 Å². The van der Waals surface area contributed by atoms with Gasteiger partial charge in [0.05, 0.1) is 23.8 Å². The minimum atomic E-state index is -0.246. The fourth-order valence-corrected chi connectivity index (χ4v) is 4.04. The number of hydrogen-bond donors (Lipinski definition) is 1. The Labute approximate surface area is 171 Å². The normalized spacial score (nSPS) is 15.5. The Hall–Kier alpha value is -2.60. The van der Waals surface area contributed by atoms with Crippen LogP contribution in [0.3, 0.4) is 0 Å². The Morgan fingerprint density at radius 1 is 1.17 bits per heavy atom. The molecule has 0 saturated carbocycles. The number of carbonyl (C=O) groups is 1. The van der Waals surface area contributed by atoms with Gasteiger partial charge in [0, 0.05) is 12.2 Å². The van der Waals surface area contributed by atoms with E-state index in [4.69, 9.17) is 9.40 Å². The van der Waals surface area contributed by atoms with E-state index in [9.17, 15) is 4.79 Å². The molecule has 0 radical (unpaired) electrons. The maximum atomic E-state index is 12.3. The van der Waals surface area contributed by atoms with Crippen LogP contribution in [-0.4, -0.2) is 33.4 Å². The molecule has 2 aromatic heterocycles. The van der Waals surface area contributed by atoms with Crippen molar-refractivity contribution in [2.24, 2.45) is 0 Å². The van der Waals surface area contributed by atoms with Gasteiger partial charge >= 0.3 is 0 Å². The molecule has 1 fully saturated rings. The second kappa shape index (κ2) is 9.27. The van der Waals surface area contributed by atoms with E-state index in [0.29, 0.717) is 5.76 Å². The van der Waals surface area contributed by atoms with Gasteiger partial charge in [0.25, 0.3) is 5.91 Å². The number of anilines is 1. The van der Waals surface area contributed by atoms with Gasteiger partial charge in [-0.15, -0.1) is 0 Å². The van der Waals surface area contributed by atoms with Crippen LogP contribution in [0.5, 0.6) is 0 Å². The summed E-state index contributed by atoms with van der Waals surface area (Å²) in [6, 6.07) is 9.35. The van der Waals surface area contributed by atoms with Gasteiger partial charge in [0.1, 0.15) is 5.82 Å². The molecule has 154 valence electrons. The maximum Gasteiger partial charge on any atom is 0.291 e. The number of hydrogen-bond acceptors (Lipinski definition) is 4. The van der Waals surface area contributed by atoms with Crippen LogP contribution < -0.4 is 5.32 Å². The zero-order valence-corrected chi connectivity index (χ0v) is 17.2. The van der Waals surface area contributed by atoms with Crippen molar-refractivity contribution in [1.82, 2.24) is 14.5 Å². The minimum absolute atomic E-state index is 0.246. The Morgan fingerprint density at radius 2 is 2.00 bits per heavy atom. The first-order valence-electron chi connectivity index (χ1n) is 10.8. The van der Waals surface area contributed by atoms with Crippen molar-refractivity contribution >= 4 is 22.6 Å². The highest BCUT2D eigenvalue weighted by Crippen LogP contribution is 2.23. The summed E-state index contributed by atoms with van der Waals surface area (Å²) < 4.78 is 7.54. The number of unbranched alkanes of at least 4 members (excludes halogenated alkanes) is 1. The Morgan fingerprint density at radius 3 is 2.72 bits per heavy atom. The third-order valence-electron chi connectivity index (χ3n) is 5.63. The van der Waals surface area contributed by atoms with E-state index >= 15 is 0 Å². The van der Waals surface area contributed by atoms with Gasteiger partial charge in [-0.2, -0.15) is 0 Å². The van der Waals surface area contributed by atoms with Gasteiger partial charge in [-0.05, 0) is 62.7 Å². The maximum absolute atomic E-state index is 12.3. The summed E-state index contributed by atoms with van der Waals surface area (Å²) in [4.78, 5) is 19.8. The number of aryl methyl sites for hydroxylation is 1. The lowest BCUT2D eigenvalue weighted by molar-refractivity contribution is 0.0996. The van der Waals surface area contributed by atoms with E-state index in [1.807, 2.05) is 12.1 Å². The molecule has 1 amide bonds. The van der Waals surface area contributed by atoms with Gasteiger partial charge in [-0.25, -0.2) is 4.98 Å². The summed E-state index contributed by atoms with van der Waals surface area (Å²) in [5.41, 5.74) is 2.81. The molecule has 0 spiro atoms. The SMILES string of the molecule is CCCCn1c(CN2CCCCCC2)nc2cc(NC(=O)c3ccco3)ccc21. The van der Waals surface area contributed by atoms with Crippen LogP contribution in [0.2, 0.25) is 0 Å². The van der Waals surface area contributed by atoms with Crippen LogP contribution in [0.4, 0.5) is 5.69 Å². The molecular formula is C23H30N4O2. The number of amides is 1. The van der Waals surface area contributed by atoms with Crippen LogP contribution >= 0.6 is 0 Å². The van der Waals surface area contributed by atoms with Crippen LogP contribution in [0.25, 0.3) is 11.0 Å². The van der Waals surface area contributed by atoms with Crippen molar-refractivity contribution in [2.75, 3.05) is 18.4 Å². The summed E-state index contributed by atoms with van der Waals surface area (Å²) in [5, 5.41) is 2.91. The summed E-state index contributed by atoms with van der Waals surface area (Å²) in [6.07, 6.45) is 9.01. The zero-order chi connectivity index (χ0) is 20.1. The largest absolute Gasteiger partial charge is 0.459 e. The molecule has 1 aromatic carbocycles. The molecule has 29 heavy (non-hydrogen) atoms. The van der Waals surface area contributed by atoms with Gasteiger partial charge in [-0.3, -0.25) is 9.69 Å². The fourth-order valence-electron chi connectivity index (χ4n) is 4.04. The van der Waals surface area contributed by atoms with Crippen molar-refractivity contribution in [1.29, 1.82) is 0 Å². The number of nitrogens with zero attached hydrogens (tertiary/aromatic N) is 3. The summed E-state index contributed by atoms with van der Waals surface area (Å²) in [7, 11) is 0. The average molecular weight is 395 g/mol. The van der Waals surface area contributed by atoms with Crippen molar-refractivity contribution in [2.45, 2.75) is 58.5 Å². The molecule has 1 saturated heterocycles. The van der Waals surface area contributed by atoms with Gasteiger partial charge in [0.15, 0.2) is 5.76 Å². The number of rotatable bonds is 7. The first-order valence-corrected chi connectivity index (χ1v) is 10.8. The number of likely N-dealkylation sites (tertiary alicyclic amines) is 1. The molecule has 6 nitrogen and oxygen atoms in total. The number of nitrogens with one attached hydrogen (secondary N) is 1. The molecule has 1 aliphatic heterocycles. The molecule has 1 aliphatic rings. The second-order valence-electron chi connectivity index (χ2n) is 7.86. The molecule has 0 bridgehead atoms. The molecule has 6 heteroatoms. The number of imidazole rings is 1. The van der Waals surface area contributed by atoms with Crippen molar-refractivity contribution in [3.05, 3.63) is 48.2 Å². The highest BCUT2D eigenvalue weighted by molar-refractivity contribution is 6.03. The molecule has 4 rings (SSSR count). The van der Waals surface area contributed by atoms with Gasteiger partial charge in [0.2, 0.25) is 0 Å². The predicted molar refractivity (Wildman–Crippen MR) is 115 cm³/mol. The zero-order valence-electron chi connectivity index (χ0n) is 17.2. The standard InChI is InChI=1S/C23H30N4O2/c1-2-3-14-27-20-11-10-18(24-23(28)21-9-8-15-29-21)16-19(20)25-22(27)17-26-12-6-4-5-7-13-26/h8-11,15-16H,2-7,12-14,17H2,1H3,(H,24,28). The third kappa shape index (κ3) is 4.70. The topological polar surface area (TPSA) is 63.3 Å². The van der Waals surface area contributed by atoms with E-state index < -0.39 is 0 Å². The molecule has 0 atom stereocenters. The molecule has 0 unspecified atom stereocenters. The molecular weight excluding hydrogens is 364 g/mol. The summed E-state index contributed by atoms with van der Waals surface area (Å²) in [6.45, 7) is 6.40. The highest BCUT2D eigenvalue weighted by Gasteiger charge is 2.17. The summed E-state index contributed by atoms with van der Waals surface area (Å²) >= 11 is 0. The number of furan rings is 1. The summed E-state index contributed by atoms with van der Waals surface area (Å²) in [5.74, 6) is 1.19. The number of aromatic nitrogens is 2. The van der Waals surface area contributed by atoms with Crippen LogP contribution in [0.1, 0.15) is 61.8 Å². The van der Waals surface area contributed by atoms with E-state index in [0.717, 1.165) is 61.6 Å². The minimum Gasteiger partial charge on any atom is -0.459 e. The quantitative estimate of drug-likeness (QED) is 0.608. The molecule has 3 aromatic rings. The van der Waals surface area contributed by atoms with Crippen molar-refractivity contribution < 1.29 is 9.21 Å². The van der Waals surface area contributed by atoms with Crippen LogP contribution in [0.15, 0.2) is 41.0 Å².